The molecule has 0 saturated heterocycles. The Labute approximate surface area is 174 Å². The lowest BCUT2D eigenvalue weighted by atomic mass is 9.95. The molecule has 2 aromatic heterocycles. The molecule has 2 heterocycles. The summed E-state index contributed by atoms with van der Waals surface area (Å²) < 4.78 is 18.4. The van der Waals surface area contributed by atoms with Gasteiger partial charge in [-0.15, -0.1) is 10.2 Å². The molecule has 0 amide bonds. The number of thioether (sulfide) groups is 1. The van der Waals surface area contributed by atoms with E-state index in [-0.39, 0.29) is 0 Å². The highest BCUT2D eigenvalue weighted by Gasteiger charge is 2.22. The summed E-state index contributed by atoms with van der Waals surface area (Å²) in [5, 5.41) is 13.7. The predicted octanol–water partition coefficient (Wildman–Crippen LogP) is 4.45. The van der Waals surface area contributed by atoms with Gasteiger partial charge in [-0.2, -0.15) is 4.98 Å². The number of benzene rings is 1. The molecule has 1 aliphatic carbocycles. The van der Waals surface area contributed by atoms with Crippen molar-refractivity contribution in [1.29, 1.82) is 0 Å². The third kappa shape index (κ3) is 4.24. The van der Waals surface area contributed by atoms with E-state index in [1.54, 1.807) is 26.0 Å². The zero-order valence-electron chi connectivity index (χ0n) is 16.9. The summed E-state index contributed by atoms with van der Waals surface area (Å²) in [7, 11) is 3.21. The molecule has 9 heteroatoms. The summed E-state index contributed by atoms with van der Waals surface area (Å²) >= 11 is 1.59. The van der Waals surface area contributed by atoms with Crippen LogP contribution in [0, 0.1) is 6.92 Å². The van der Waals surface area contributed by atoms with Crippen LogP contribution in [0.3, 0.4) is 0 Å². The van der Waals surface area contributed by atoms with Gasteiger partial charge in [-0.3, -0.25) is 0 Å². The fourth-order valence-electron chi connectivity index (χ4n) is 3.74. The van der Waals surface area contributed by atoms with Crippen molar-refractivity contribution in [3.05, 3.63) is 29.9 Å². The number of rotatable bonds is 7. The molecule has 1 saturated carbocycles. The second kappa shape index (κ2) is 8.86. The molecule has 0 bridgehead atoms. The van der Waals surface area contributed by atoms with E-state index in [9.17, 15) is 0 Å². The maximum Gasteiger partial charge on any atom is 0.237 e. The van der Waals surface area contributed by atoms with Gasteiger partial charge in [-0.05, 0) is 38.0 Å². The summed E-state index contributed by atoms with van der Waals surface area (Å²) in [4.78, 5) is 4.52. The van der Waals surface area contributed by atoms with Crippen LogP contribution in [0.4, 0.5) is 0 Å². The fraction of sp³-hybridized carbons (Fsp3) is 0.500. The Morgan fingerprint density at radius 3 is 2.66 bits per heavy atom. The van der Waals surface area contributed by atoms with E-state index in [4.69, 9.17) is 14.0 Å². The number of methoxy groups -OCH3 is 2. The SMILES string of the molecule is COc1ccc(-c2noc(CSc3nnc(C)n3C3CCCCC3)n2)cc1OC. The van der Waals surface area contributed by atoms with Crippen LogP contribution in [0.5, 0.6) is 11.5 Å². The molecular formula is C20H25N5O3S. The van der Waals surface area contributed by atoms with Crippen molar-refractivity contribution in [2.45, 2.75) is 56.0 Å². The molecule has 3 aromatic rings. The Morgan fingerprint density at radius 2 is 1.90 bits per heavy atom. The first-order chi connectivity index (χ1) is 14.2. The Kier molecular flexibility index (Phi) is 6.03. The summed E-state index contributed by atoms with van der Waals surface area (Å²) in [6, 6.07) is 6.04. The van der Waals surface area contributed by atoms with Crippen LogP contribution in [0.25, 0.3) is 11.4 Å². The van der Waals surface area contributed by atoms with Crippen molar-refractivity contribution in [2.24, 2.45) is 0 Å². The monoisotopic (exact) mass is 415 g/mol. The number of ether oxygens (including phenoxy) is 2. The maximum absolute atomic E-state index is 5.45. The van der Waals surface area contributed by atoms with Crippen molar-refractivity contribution in [1.82, 2.24) is 24.9 Å². The lowest BCUT2D eigenvalue weighted by molar-refractivity contribution is 0.331. The van der Waals surface area contributed by atoms with Crippen LogP contribution in [-0.4, -0.2) is 39.1 Å². The number of aryl methyl sites for hydroxylation is 1. The number of aromatic nitrogens is 5. The molecular weight excluding hydrogens is 390 g/mol. The predicted molar refractivity (Wildman–Crippen MR) is 109 cm³/mol. The minimum absolute atomic E-state index is 0.492. The van der Waals surface area contributed by atoms with Crippen molar-refractivity contribution in [3.8, 4) is 22.9 Å². The number of nitrogens with zero attached hydrogens (tertiary/aromatic N) is 5. The lowest BCUT2D eigenvalue weighted by Gasteiger charge is -2.24. The van der Waals surface area contributed by atoms with Crippen LogP contribution in [0.15, 0.2) is 27.9 Å². The highest BCUT2D eigenvalue weighted by molar-refractivity contribution is 7.98. The maximum atomic E-state index is 5.45. The summed E-state index contributed by atoms with van der Waals surface area (Å²) in [6.45, 7) is 2.02. The minimum atomic E-state index is 0.492. The Morgan fingerprint density at radius 1 is 1.10 bits per heavy atom. The number of hydrogen-bond acceptors (Lipinski definition) is 8. The van der Waals surface area contributed by atoms with Gasteiger partial charge in [0.15, 0.2) is 16.7 Å². The third-order valence-corrected chi connectivity index (χ3v) is 6.14. The Bertz CT molecular complexity index is 965. The average molecular weight is 416 g/mol. The minimum Gasteiger partial charge on any atom is -0.493 e. The zero-order valence-corrected chi connectivity index (χ0v) is 17.7. The molecule has 4 rings (SSSR count). The average Bonchev–Trinajstić information content (AvgIpc) is 3.39. The normalized spacial score (nSPS) is 14.9. The first-order valence-corrected chi connectivity index (χ1v) is 10.8. The van der Waals surface area contributed by atoms with E-state index in [0.29, 0.717) is 35.0 Å². The summed E-state index contributed by atoms with van der Waals surface area (Å²) in [6.07, 6.45) is 6.24. The zero-order chi connectivity index (χ0) is 20.2. The Hall–Kier alpha value is -2.55. The van der Waals surface area contributed by atoms with Crippen LogP contribution < -0.4 is 9.47 Å². The fourth-order valence-corrected chi connectivity index (χ4v) is 4.63. The van der Waals surface area contributed by atoms with Crippen molar-refractivity contribution >= 4 is 11.8 Å². The number of hydrogen-bond donors (Lipinski definition) is 0. The largest absolute Gasteiger partial charge is 0.493 e. The van der Waals surface area contributed by atoms with Gasteiger partial charge < -0.3 is 18.6 Å². The van der Waals surface area contributed by atoms with Crippen LogP contribution in [0.2, 0.25) is 0 Å². The molecule has 8 nitrogen and oxygen atoms in total. The van der Waals surface area contributed by atoms with Crippen LogP contribution in [0.1, 0.15) is 49.9 Å². The van der Waals surface area contributed by atoms with Crippen LogP contribution >= 0.6 is 11.8 Å². The quantitative estimate of drug-likeness (QED) is 0.523. The first-order valence-electron chi connectivity index (χ1n) is 9.79. The highest BCUT2D eigenvalue weighted by atomic mass is 32.2. The molecule has 29 heavy (non-hydrogen) atoms. The van der Waals surface area contributed by atoms with Gasteiger partial charge in [0.25, 0.3) is 0 Å². The van der Waals surface area contributed by atoms with Crippen LogP contribution in [-0.2, 0) is 5.75 Å². The molecule has 0 spiro atoms. The smallest absolute Gasteiger partial charge is 0.237 e. The van der Waals surface area contributed by atoms with Gasteiger partial charge in [0.2, 0.25) is 11.7 Å². The van der Waals surface area contributed by atoms with E-state index in [0.717, 1.165) is 16.5 Å². The molecule has 1 aromatic carbocycles. The summed E-state index contributed by atoms with van der Waals surface area (Å²) in [5.41, 5.74) is 0.809. The molecule has 0 unspecified atom stereocenters. The van der Waals surface area contributed by atoms with E-state index in [2.05, 4.69) is 24.9 Å². The van der Waals surface area contributed by atoms with Crippen molar-refractivity contribution < 1.29 is 14.0 Å². The van der Waals surface area contributed by atoms with Gasteiger partial charge in [0.1, 0.15) is 5.82 Å². The van der Waals surface area contributed by atoms with E-state index >= 15 is 0 Å². The van der Waals surface area contributed by atoms with E-state index in [1.807, 2.05) is 25.1 Å². The highest BCUT2D eigenvalue weighted by Crippen LogP contribution is 2.34. The first kappa shape index (κ1) is 19.8. The van der Waals surface area contributed by atoms with Gasteiger partial charge >= 0.3 is 0 Å². The molecule has 154 valence electrons. The van der Waals surface area contributed by atoms with E-state index < -0.39 is 0 Å². The van der Waals surface area contributed by atoms with Gasteiger partial charge in [0.05, 0.1) is 20.0 Å². The van der Waals surface area contributed by atoms with Crippen molar-refractivity contribution in [3.63, 3.8) is 0 Å². The summed E-state index contributed by atoms with van der Waals surface area (Å²) in [5.74, 6) is 3.87. The second-order valence-electron chi connectivity index (χ2n) is 7.06. The molecule has 0 N–H and O–H groups in total. The molecule has 0 radical (unpaired) electrons. The standard InChI is InChI=1S/C20H25N5O3S/c1-13-22-23-20(25(13)15-7-5-4-6-8-15)29-12-18-21-19(24-28-18)14-9-10-16(26-2)17(11-14)27-3/h9-11,15H,4-8,12H2,1-3H3. The van der Waals surface area contributed by atoms with E-state index in [1.165, 1.54) is 32.1 Å². The Balaban J connectivity index is 1.47. The van der Waals surface area contributed by atoms with Gasteiger partial charge in [-0.25, -0.2) is 0 Å². The molecule has 1 fully saturated rings. The molecule has 0 atom stereocenters. The molecule has 1 aliphatic rings. The van der Waals surface area contributed by atoms with Gasteiger partial charge in [-0.1, -0.05) is 36.2 Å². The van der Waals surface area contributed by atoms with Gasteiger partial charge in [0, 0.05) is 11.6 Å². The second-order valence-corrected chi connectivity index (χ2v) is 8.00. The van der Waals surface area contributed by atoms with Crippen molar-refractivity contribution in [2.75, 3.05) is 14.2 Å². The molecule has 0 aliphatic heterocycles. The topological polar surface area (TPSA) is 88.1 Å². The third-order valence-electron chi connectivity index (χ3n) is 5.21. The lowest BCUT2D eigenvalue weighted by Crippen LogP contribution is -2.15.